The van der Waals surface area contributed by atoms with Gasteiger partial charge in [-0.05, 0) is 41.5 Å². The molecule has 0 unspecified atom stereocenters. The number of carbonyl (C=O) groups is 1. The molecule has 0 aliphatic carbocycles. The van der Waals surface area contributed by atoms with Crippen LogP contribution in [0.25, 0.3) is 6.08 Å². The van der Waals surface area contributed by atoms with E-state index in [0.29, 0.717) is 37.2 Å². The predicted molar refractivity (Wildman–Crippen MR) is 129 cm³/mol. The average molecular weight is 472 g/mol. The van der Waals surface area contributed by atoms with Crippen molar-refractivity contribution in [2.45, 2.75) is 6.61 Å². The first kappa shape index (κ1) is 20.9. The molecule has 0 bridgehead atoms. The maximum absolute atomic E-state index is 12.9. The Kier molecular flexibility index (Phi) is 6.44. The molecule has 0 atom stereocenters. The van der Waals surface area contributed by atoms with Gasteiger partial charge in [-0.3, -0.25) is 9.69 Å². The molecule has 1 heterocycles. The second-order valence-electron chi connectivity index (χ2n) is 6.44. The van der Waals surface area contributed by atoms with Gasteiger partial charge in [0, 0.05) is 0 Å². The number of amides is 1. The van der Waals surface area contributed by atoms with E-state index in [1.807, 2.05) is 60.7 Å². The summed E-state index contributed by atoms with van der Waals surface area (Å²) < 4.78 is 6.29. The third kappa shape index (κ3) is 4.55. The number of thiocarbonyl (C=S) groups is 1. The Balaban J connectivity index is 1.55. The number of carbonyl (C=O) groups excluding carboxylic acids is 1. The first-order valence-corrected chi connectivity index (χ1v) is 11.0. The van der Waals surface area contributed by atoms with Gasteiger partial charge in [0.1, 0.15) is 6.61 Å². The van der Waals surface area contributed by atoms with Crippen LogP contribution in [0, 0.1) is 0 Å². The lowest BCUT2D eigenvalue weighted by atomic mass is 10.2. The summed E-state index contributed by atoms with van der Waals surface area (Å²) in [5, 5.41) is 0.756. The van der Waals surface area contributed by atoms with E-state index in [1.165, 1.54) is 16.7 Å². The number of benzene rings is 3. The van der Waals surface area contributed by atoms with Gasteiger partial charge < -0.3 is 4.74 Å². The molecule has 0 spiro atoms. The molecule has 3 aromatic rings. The summed E-state index contributed by atoms with van der Waals surface area (Å²) in [5.74, 6) is 0.240. The third-order valence-corrected chi connectivity index (χ3v) is 6.22. The van der Waals surface area contributed by atoms with Crippen molar-refractivity contribution in [2.24, 2.45) is 0 Å². The van der Waals surface area contributed by atoms with Gasteiger partial charge in [0.2, 0.25) is 0 Å². The molecule has 30 heavy (non-hydrogen) atoms. The quantitative estimate of drug-likeness (QED) is 0.296. The van der Waals surface area contributed by atoms with Gasteiger partial charge in [0.15, 0.2) is 10.1 Å². The molecular formula is C23H15Cl2NO2S2. The van der Waals surface area contributed by atoms with E-state index in [4.69, 9.17) is 40.2 Å². The number of hydrogen-bond acceptors (Lipinski definition) is 4. The summed E-state index contributed by atoms with van der Waals surface area (Å²) in [6.45, 7) is 0.357. The zero-order chi connectivity index (χ0) is 21.1. The third-order valence-electron chi connectivity index (χ3n) is 4.35. The Hall–Kier alpha value is -2.31. The standard InChI is InChI=1S/C23H15Cl2NO2S2/c24-18-11-16(12-19(25)21(18)28-14-15-7-3-1-4-8-15)13-20-22(27)26(23(29)30-20)17-9-5-2-6-10-17/h1-13H,14H2/b20-13+. The summed E-state index contributed by atoms with van der Waals surface area (Å²) in [6.07, 6.45) is 1.74. The molecule has 150 valence electrons. The molecule has 1 aliphatic heterocycles. The number of para-hydroxylation sites is 1. The van der Waals surface area contributed by atoms with Gasteiger partial charge in [0.05, 0.1) is 20.6 Å². The van der Waals surface area contributed by atoms with Gasteiger partial charge in [0.25, 0.3) is 5.91 Å². The first-order chi connectivity index (χ1) is 14.5. The van der Waals surface area contributed by atoms with Crippen LogP contribution in [0.2, 0.25) is 10.0 Å². The highest BCUT2D eigenvalue weighted by Crippen LogP contribution is 2.39. The van der Waals surface area contributed by atoms with Crippen molar-refractivity contribution in [1.29, 1.82) is 0 Å². The van der Waals surface area contributed by atoms with Gasteiger partial charge in [-0.2, -0.15) is 0 Å². The number of ether oxygens (including phenoxy) is 1. The van der Waals surface area contributed by atoms with Crippen molar-refractivity contribution in [3.63, 3.8) is 0 Å². The van der Waals surface area contributed by atoms with E-state index in [-0.39, 0.29) is 5.91 Å². The van der Waals surface area contributed by atoms with Crippen LogP contribution in [-0.2, 0) is 11.4 Å². The predicted octanol–water partition coefficient (Wildman–Crippen LogP) is 6.98. The van der Waals surface area contributed by atoms with Crippen molar-refractivity contribution < 1.29 is 9.53 Å². The summed E-state index contributed by atoms with van der Waals surface area (Å²) in [7, 11) is 0. The summed E-state index contributed by atoms with van der Waals surface area (Å²) in [4.78, 5) is 14.9. The smallest absolute Gasteiger partial charge is 0.270 e. The van der Waals surface area contributed by atoms with E-state index in [1.54, 1.807) is 18.2 Å². The minimum Gasteiger partial charge on any atom is -0.486 e. The van der Waals surface area contributed by atoms with Gasteiger partial charge in [-0.1, -0.05) is 95.7 Å². The minimum atomic E-state index is -0.173. The summed E-state index contributed by atoms with van der Waals surface area (Å²) in [6, 6.07) is 22.5. The minimum absolute atomic E-state index is 0.173. The SMILES string of the molecule is O=C1/C(=C\c2cc(Cl)c(OCc3ccccc3)c(Cl)c2)SC(=S)N1c1ccccc1. The van der Waals surface area contributed by atoms with Crippen molar-refractivity contribution >= 4 is 69.2 Å². The molecule has 1 aliphatic rings. The second-order valence-corrected chi connectivity index (χ2v) is 8.93. The maximum atomic E-state index is 12.9. The number of anilines is 1. The van der Waals surface area contributed by atoms with Crippen molar-refractivity contribution in [2.75, 3.05) is 4.90 Å². The molecule has 4 rings (SSSR count). The van der Waals surface area contributed by atoms with Gasteiger partial charge in [-0.25, -0.2) is 0 Å². The van der Waals surface area contributed by atoms with E-state index < -0.39 is 0 Å². The number of rotatable bonds is 5. The highest BCUT2D eigenvalue weighted by molar-refractivity contribution is 8.27. The van der Waals surface area contributed by atoms with Crippen LogP contribution < -0.4 is 9.64 Å². The number of nitrogens with zero attached hydrogens (tertiary/aromatic N) is 1. The highest BCUT2D eigenvalue weighted by atomic mass is 35.5. The Morgan fingerprint density at radius 1 is 0.967 bits per heavy atom. The Morgan fingerprint density at radius 3 is 2.20 bits per heavy atom. The highest BCUT2D eigenvalue weighted by Gasteiger charge is 2.33. The molecule has 1 fully saturated rings. The monoisotopic (exact) mass is 471 g/mol. The lowest BCUT2D eigenvalue weighted by Gasteiger charge is -2.14. The molecule has 3 aromatic carbocycles. The lowest BCUT2D eigenvalue weighted by Crippen LogP contribution is -2.27. The topological polar surface area (TPSA) is 29.5 Å². The van der Waals surface area contributed by atoms with Crippen LogP contribution in [-0.4, -0.2) is 10.2 Å². The van der Waals surface area contributed by atoms with Crippen LogP contribution in [0.4, 0.5) is 5.69 Å². The Morgan fingerprint density at radius 2 is 1.57 bits per heavy atom. The van der Waals surface area contributed by atoms with Crippen LogP contribution in [0.5, 0.6) is 5.75 Å². The molecule has 1 saturated heterocycles. The maximum Gasteiger partial charge on any atom is 0.270 e. The zero-order valence-electron chi connectivity index (χ0n) is 15.5. The van der Waals surface area contributed by atoms with Crippen LogP contribution in [0.15, 0.2) is 77.7 Å². The summed E-state index contributed by atoms with van der Waals surface area (Å²) in [5.41, 5.74) is 2.45. The van der Waals surface area contributed by atoms with Crippen molar-refractivity contribution in [3.05, 3.63) is 98.9 Å². The van der Waals surface area contributed by atoms with E-state index in [9.17, 15) is 4.79 Å². The summed E-state index contributed by atoms with van der Waals surface area (Å²) >= 11 is 19.5. The number of thioether (sulfide) groups is 1. The molecule has 0 N–H and O–H groups in total. The molecule has 0 saturated carbocycles. The Bertz CT molecular complexity index is 1110. The van der Waals surface area contributed by atoms with E-state index >= 15 is 0 Å². The molecule has 0 aromatic heterocycles. The van der Waals surface area contributed by atoms with Gasteiger partial charge >= 0.3 is 0 Å². The van der Waals surface area contributed by atoms with Gasteiger partial charge in [-0.15, -0.1) is 0 Å². The van der Waals surface area contributed by atoms with E-state index in [0.717, 1.165) is 11.3 Å². The van der Waals surface area contributed by atoms with Crippen molar-refractivity contribution in [1.82, 2.24) is 0 Å². The largest absolute Gasteiger partial charge is 0.486 e. The average Bonchev–Trinajstić information content (AvgIpc) is 3.01. The normalized spacial score (nSPS) is 15.1. The van der Waals surface area contributed by atoms with Crippen LogP contribution >= 0.6 is 47.2 Å². The fourth-order valence-electron chi connectivity index (χ4n) is 2.95. The van der Waals surface area contributed by atoms with Crippen LogP contribution in [0.3, 0.4) is 0 Å². The molecular weight excluding hydrogens is 457 g/mol. The lowest BCUT2D eigenvalue weighted by molar-refractivity contribution is -0.113. The molecule has 7 heteroatoms. The second kappa shape index (κ2) is 9.23. The molecule has 3 nitrogen and oxygen atoms in total. The first-order valence-electron chi connectivity index (χ1n) is 9.02. The molecule has 1 amide bonds. The Labute approximate surface area is 194 Å². The number of halogens is 2. The van der Waals surface area contributed by atoms with Crippen LogP contribution in [0.1, 0.15) is 11.1 Å². The fourth-order valence-corrected chi connectivity index (χ4v) is 4.86. The molecule has 0 radical (unpaired) electrons. The van der Waals surface area contributed by atoms with Crippen molar-refractivity contribution in [3.8, 4) is 5.75 Å². The number of hydrogen-bond donors (Lipinski definition) is 0. The van der Waals surface area contributed by atoms with E-state index in [2.05, 4.69) is 0 Å². The zero-order valence-corrected chi connectivity index (χ0v) is 18.7. The fraction of sp³-hybridized carbons (Fsp3) is 0.0435.